The first-order valence-electron chi connectivity index (χ1n) is 5.60. The summed E-state index contributed by atoms with van der Waals surface area (Å²) in [6, 6.07) is 4.53. The van der Waals surface area contributed by atoms with Gasteiger partial charge >= 0.3 is 0 Å². The lowest BCUT2D eigenvalue weighted by Gasteiger charge is -2.21. The fraction of sp³-hybridized carbons (Fsp3) is 0.545. The largest absolute Gasteiger partial charge is 0.395 e. The molecule has 4 N–H and O–H groups in total. The third kappa shape index (κ3) is 2.69. The van der Waals surface area contributed by atoms with E-state index in [2.05, 4.69) is 15.3 Å². The second kappa shape index (κ2) is 5.25. The van der Waals surface area contributed by atoms with Gasteiger partial charge in [-0.1, -0.05) is 6.07 Å². The zero-order valence-corrected chi connectivity index (χ0v) is 9.26. The molecule has 1 fully saturated rings. The molecule has 88 valence electrons. The number of hydrogen-bond donors (Lipinski definition) is 3. The van der Waals surface area contributed by atoms with Crippen molar-refractivity contribution in [1.29, 1.82) is 0 Å². The van der Waals surface area contributed by atoms with Crippen molar-refractivity contribution in [1.82, 2.24) is 9.88 Å². The number of aliphatic hydroxyl groups excluding tert-OH is 1. The molecule has 16 heavy (non-hydrogen) atoms. The number of aromatic nitrogens is 1. The molecule has 1 saturated carbocycles. The number of hydrazine groups is 1. The average molecular weight is 222 g/mol. The number of nitrogens with one attached hydrogen (secondary N) is 1. The molecule has 1 aliphatic carbocycles. The van der Waals surface area contributed by atoms with Gasteiger partial charge < -0.3 is 10.5 Å². The SMILES string of the molecule is NNc1ncccc1CN(CCO)C1CC1. The van der Waals surface area contributed by atoms with Crippen LogP contribution < -0.4 is 11.3 Å². The van der Waals surface area contributed by atoms with Crippen LogP contribution in [0.25, 0.3) is 0 Å². The van der Waals surface area contributed by atoms with Gasteiger partial charge in [0.25, 0.3) is 0 Å². The second-order valence-electron chi connectivity index (χ2n) is 4.08. The van der Waals surface area contributed by atoms with Crippen molar-refractivity contribution in [2.45, 2.75) is 25.4 Å². The molecular weight excluding hydrogens is 204 g/mol. The van der Waals surface area contributed by atoms with Crippen molar-refractivity contribution in [2.75, 3.05) is 18.6 Å². The molecule has 0 radical (unpaired) electrons. The number of aliphatic hydroxyl groups is 1. The maximum atomic E-state index is 9.02. The number of pyridine rings is 1. The number of rotatable bonds is 6. The molecule has 0 aliphatic heterocycles. The maximum absolute atomic E-state index is 9.02. The topological polar surface area (TPSA) is 74.4 Å². The Hall–Kier alpha value is -1.17. The minimum Gasteiger partial charge on any atom is -0.395 e. The van der Waals surface area contributed by atoms with E-state index < -0.39 is 0 Å². The van der Waals surface area contributed by atoms with E-state index in [0.717, 1.165) is 12.1 Å². The zero-order valence-electron chi connectivity index (χ0n) is 9.26. The number of nitrogens with two attached hydrogens (primary N) is 1. The Morgan fingerprint density at radius 1 is 1.56 bits per heavy atom. The first-order chi connectivity index (χ1) is 7.85. The summed E-state index contributed by atoms with van der Waals surface area (Å²) in [6.45, 7) is 1.70. The summed E-state index contributed by atoms with van der Waals surface area (Å²) in [4.78, 5) is 6.44. The summed E-state index contributed by atoms with van der Waals surface area (Å²) < 4.78 is 0. The third-order valence-electron chi connectivity index (χ3n) is 2.85. The molecule has 0 saturated heterocycles. The van der Waals surface area contributed by atoms with E-state index in [9.17, 15) is 0 Å². The van der Waals surface area contributed by atoms with Crippen LogP contribution in [0.4, 0.5) is 5.82 Å². The standard InChI is InChI=1S/C11H18N4O/c12-14-11-9(2-1-5-13-11)8-15(6-7-16)10-3-4-10/h1-2,5,10,16H,3-4,6-8,12H2,(H,13,14). The second-order valence-corrected chi connectivity index (χ2v) is 4.08. The fourth-order valence-electron chi connectivity index (χ4n) is 1.87. The number of nitrogen functional groups attached to an aromatic ring is 1. The molecule has 0 bridgehead atoms. The molecule has 0 unspecified atom stereocenters. The summed E-state index contributed by atoms with van der Waals surface area (Å²) in [6.07, 6.45) is 4.17. The third-order valence-corrected chi connectivity index (χ3v) is 2.85. The molecule has 0 amide bonds. The molecule has 5 nitrogen and oxygen atoms in total. The van der Waals surface area contributed by atoms with E-state index in [4.69, 9.17) is 10.9 Å². The number of nitrogens with zero attached hydrogens (tertiary/aromatic N) is 2. The molecule has 0 atom stereocenters. The molecule has 5 heteroatoms. The fourth-order valence-corrected chi connectivity index (χ4v) is 1.87. The smallest absolute Gasteiger partial charge is 0.144 e. The number of anilines is 1. The van der Waals surface area contributed by atoms with Crippen LogP contribution in [0.15, 0.2) is 18.3 Å². The Kier molecular flexibility index (Phi) is 3.71. The Labute approximate surface area is 95.2 Å². The molecule has 1 aliphatic rings. The normalized spacial score (nSPS) is 15.4. The van der Waals surface area contributed by atoms with Crippen LogP contribution in [-0.2, 0) is 6.54 Å². The molecule has 1 heterocycles. The van der Waals surface area contributed by atoms with Crippen LogP contribution in [0.1, 0.15) is 18.4 Å². The van der Waals surface area contributed by atoms with Crippen molar-refractivity contribution in [3.63, 3.8) is 0 Å². The van der Waals surface area contributed by atoms with Gasteiger partial charge in [-0.15, -0.1) is 0 Å². The van der Waals surface area contributed by atoms with E-state index >= 15 is 0 Å². The van der Waals surface area contributed by atoms with Crippen molar-refractivity contribution in [2.24, 2.45) is 5.84 Å². The summed E-state index contributed by atoms with van der Waals surface area (Å²) in [5.74, 6) is 6.13. The van der Waals surface area contributed by atoms with Crippen molar-refractivity contribution >= 4 is 5.82 Å². The Balaban J connectivity index is 2.05. The molecule has 0 spiro atoms. The van der Waals surface area contributed by atoms with Crippen LogP contribution in [0.5, 0.6) is 0 Å². The highest BCUT2D eigenvalue weighted by Crippen LogP contribution is 2.28. The van der Waals surface area contributed by atoms with Crippen molar-refractivity contribution in [3.05, 3.63) is 23.9 Å². The monoisotopic (exact) mass is 222 g/mol. The molecule has 0 aromatic carbocycles. The Morgan fingerprint density at radius 2 is 2.38 bits per heavy atom. The highest BCUT2D eigenvalue weighted by molar-refractivity contribution is 5.42. The van der Waals surface area contributed by atoms with Gasteiger partial charge in [-0.2, -0.15) is 0 Å². The quantitative estimate of drug-likeness (QED) is 0.477. The van der Waals surface area contributed by atoms with Gasteiger partial charge in [0.15, 0.2) is 0 Å². The molecular formula is C11H18N4O. The first-order valence-corrected chi connectivity index (χ1v) is 5.60. The highest BCUT2D eigenvalue weighted by Gasteiger charge is 2.28. The highest BCUT2D eigenvalue weighted by atomic mass is 16.3. The minimum atomic E-state index is 0.197. The molecule has 1 aromatic heterocycles. The van der Waals surface area contributed by atoms with Gasteiger partial charge in [-0.3, -0.25) is 4.90 Å². The summed E-state index contributed by atoms with van der Waals surface area (Å²) in [5, 5.41) is 9.02. The first kappa shape index (κ1) is 11.3. The van der Waals surface area contributed by atoms with E-state index in [0.29, 0.717) is 18.4 Å². The predicted octanol–water partition coefficient (Wildman–Crippen LogP) is 0.324. The van der Waals surface area contributed by atoms with Crippen LogP contribution in [0.3, 0.4) is 0 Å². The lowest BCUT2D eigenvalue weighted by Crippen LogP contribution is -2.29. The summed E-state index contributed by atoms with van der Waals surface area (Å²) in [5.41, 5.74) is 3.68. The van der Waals surface area contributed by atoms with Gasteiger partial charge in [0.1, 0.15) is 5.82 Å². The Bertz CT molecular complexity index is 341. The van der Waals surface area contributed by atoms with Crippen LogP contribution in [0, 0.1) is 0 Å². The van der Waals surface area contributed by atoms with Crippen LogP contribution in [-0.4, -0.2) is 34.2 Å². The van der Waals surface area contributed by atoms with E-state index in [1.807, 2.05) is 12.1 Å². The van der Waals surface area contributed by atoms with Gasteiger partial charge in [0, 0.05) is 30.9 Å². The minimum absolute atomic E-state index is 0.197. The van der Waals surface area contributed by atoms with Gasteiger partial charge in [0.2, 0.25) is 0 Å². The summed E-state index contributed by atoms with van der Waals surface area (Å²) in [7, 11) is 0. The van der Waals surface area contributed by atoms with Crippen LogP contribution >= 0.6 is 0 Å². The molecule has 2 rings (SSSR count). The van der Waals surface area contributed by atoms with E-state index in [-0.39, 0.29) is 6.61 Å². The lowest BCUT2D eigenvalue weighted by atomic mass is 10.2. The van der Waals surface area contributed by atoms with Crippen LogP contribution in [0.2, 0.25) is 0 Å². The zero-order chi connectivity index (χ0) is 11.4. The average Bonchev–Trinajstić information content (AvgIpc) is 3.13. The lowest BCUT2D eigenvalue weighted by molar-refractivity contribution is 0.183. The van der Waals surface area contributed by atoms with E-state index in [1.54, 1.807) is 6.20 Å². The summed E-state index contributed by atoms with van der Waals surface area (Å²) >= 11 is 0. The van der Waals surface area contributed by atoms with Gasteiger partial charge in [-0.05, 0) is 18.9 Å². The van der Waals surface area contributed by atoms with Gasteiger partial charge in [-0.25, -0.2) is 10.8 Å². The molecule has 1 aromatic rings. The predicted molar refractivity (Wildman–Crippen MR) is 62.6 cm³/mol. The Morgan fingerprint density at radius 3 is 3.00 bits per heavy atom. The van der Waals surface area contributed by atoms with Crippen molar-refractivity contribution < 1.29 is 5.11 Å². The van der Waals surface area contributed by atoms with Gasteiger partial charge in [0.05, 0.1) is 6.61 Å². The van der Waals surface area contributed by atoms with E-state index in [1.165, 1.54) is 12.8 Å². The number of hydrogen-bond acceptors (Lipinski definition) is 5. The maximum Gasteiger partial charge on any atom is 0.144 e. The van der Waals surface area contributed by atoms with Crippen molar-refractivity contribution in [3.8, 4) is 0 Å².